The fourth-order valence-corrected chi connectivity index (χ4v) is 3.80. The molecule has 0 unspecified atom stereocenters. The maximum atomic E-state index is 13.6. The van der Waals surface area contributed by atoms with Crippen molar-refractivity contribution in [3.8, 4) is 0 Å². The van der Waals surface area contributed by atoms with E-state index in [2.05, 4.69) is 0 Å². The molecule has 0 spiro atoms. The van der Waals surface area contributed by atoms with Gasteiger partial charge in [-0.1, -0.05) is 0 Å². The number of nitrogens with zero attached hydrogens (tertiary/aromatic N) is 1. The maximum absolute atomic E-state index is 13.6. The van der Waals surface area contributed by atoms with Crippen LogP contribution in [0.15, 0.2) is 17.0 Å². The molecule has 1 aliphatic heterocycles. The van der Waals surface area contributed by atoms with E-state index in [1.165, 1.54) is 0 Å². The number of halogens is 3. The van der Waals surface area contributed by atoms with E-state index in [1.807, 2.05) is 0 Å². The summed E-state index contributed by atoms with van der Waals surface area (Å²) in [6.07, 6.45) is -1.62. The lowest BCUT2D eigenvalue weighted by Gasteiger charge is -2.21. The third-order valence-electron chi connectivity index (χ3n) is 3.11. The Morgan fingerprint density at radius 2 is 1.86 bits per heavy atom. The molecule has 0 radical (unpaired) electrons. The molecule has 0 aromatic heterocycles. The molecule has 1 fully saturated rings. The second-order valence-electron chi connectivity index (χ2n) is 4.49. The molecule has 1 saturated heterocycles. The third-order valence-corrected chi connectivity index (χ3v) is 5.00. The lowest BCUT2D eigenvalue weighted by atomic mass is 10.2. The summed E-state index contributed by atoms with van der Waals surface area (Å²) in [6, 6.07) is -0.669. The predicted molar refractivity (Wildman–Crippen MR) is 62.3 cm³/mol. The van der Waals surface area contributed by atoms with Gasteiger partial charge < -0.3 is 10.2 Å². The van der Waals surface area contributed by atoms with E-state index in [-0.39, 0.29) is 6.42 Å². The van der Waals surface area contributed by atoms with E-state index in [9.17, 15) is 31.5 Å². The van der Waals surface area contributed by atoms with Crippen molar-refractivity contribution in [3.05, 3.63) is 29.6 Å². The van der Waals surface area contributed by atoms with Gasteiger partial charge in [-0.3, -0.25) is 4.79 Å². The maximum Gasteiger partial charge on any atom is 0.322 e. The molecule has 1 aliphatic rings. The molecule has 0 saturated carbocycles. The quantitative estimate of drug-likeness (QED) is 0.780. The number of hydrogen-bond donors (Lipinski definition) is 2. The zero-order valence-electron chi connectivity index (χ0n) is 10.3. The molecular weight excluding hydrogens is 315 g/mol. The number of carboxylic acids is 1. The fraction of sp³-hybridized carbons (Fsp3) is 0.364. The number of hydrogen-bond acceptors (Lipinski definition) is 4. The Balaban J connectivity index is 2.52. The van der Waals surface area contributed by atoms with Crippen LogP contribution in [0.25, 0.3) is 0 Å². The molecular formula is C11H10F3NO5S. The molecule has 1 aromatic rings. The predicted octanol–water partition coefficient (Wildman–Crippen LogP) is 0.312. The summed E-state index contributed by atoms with van der Waals surface area (Å²) in [6.45, 7) is -0.572. The van der Waals surface area contributed by atoms with Gasteiger partial charge in [-0.2, -0.15) is 4.31 Å². The average molecular weight is 325 g/mol. The lowest BCUT2D eigenvalue weighted by molar-refractivity contribution is -0.140. The number of aliphatic hydroxyl groups excluding tert-OH is 1. The summed E-state index contributed by atoms with van der Waals surface area (Å²) in [7, 11) is -4.72. The van der Waals surface area contributed by atoms with Crippen LogP contribution in [-0.2, 0) is 14.8 Å². The molecule has 0 amide bonds. The minimum Gasteiger partial charge on any atom is -0.480 e. The first-order chi connectivity index (χ1) is 9.66. The summed E-state index contributed by atoms with van der Waals surface area (Å²) in [5.74, 6) is -7.00. The Kier molecular flexibility index (Phi) is 3.95. The summed E-state index contributed by atoms with van der Waals surface area (Å²) in [4.78, 5) is 9.82. The van der Waals surface area contributed by atoms with Crippen molar-refractivity contribution in [1.82, 2.24) is 4.31 Å². The highest BCUT2D eigenvalue weighted by atomic mass is 32.2. The molecule has 10 heteroatoms. The van der Waals surface area contributed by atoms with Crippen LogP contribution < -0.4 is 0 Å². The van der Waals surface area contributed by atoms with Crippen molar-refractivity contribution in [2.24, 2.45) is 0 Å². The van der Waals surface area contributed by atoms with Crippen molar-refractivity contribution in [2.75, 3.05) is 6.54 Å². The number of benzene rings is 1. The molecule has 2 atom stereocenters. The lowest BCUT2D eigenvalue weighted by Crippen LogP contribution is -2.40. The standard InChI is InChI=1S/C11H10F3NO5S/c12-6-1-2-8(10(14)9(6)13)21(19,20)15-4-5(16)3-7(15)11(17)18/h1-2,5,7,16H,3-4H2,(H,17,18)/t5-,7-/m1/s1. The van der Waals surface area contributed by atoms with Gasteiger partial charge in [-0.25, -0.2) is 21.6 Å². The molecule has 1 heterocycles. The molecule has 0 aliphatic carbocycles. The van der Waals surface area contributed by atoms with E-state index in [0.29, 0.717) is 16.4 Å². The van der Waals surface area contributed by atoms with Crippen LogP contribution in [0, 0.1) is 17.5 Å². The SMILES string of the molecule is O=C(O)[C@H]1C[C@@H](O)CN1S(=O)(=O)c1ccc(F)c(F)c1F. The van der Waals surface area contributed by atoms with Gasteiger partial charge in [0.25, 0.3) is 0 Å². The topological polar surface area (TPSA) is 94.9 Å². The second-order valence-corrected chi connectivity index (χ2v) is 6.35. The first-order valence-electron chi connectivity index (χ1n) is 5.72. The van der Waals surface area contributed by atoms with Gasteiger partial charge in [0, 0.05) is 13.0 Å². The van der Waals surface area contributed by atoms with Crippen LogP contribution >= 0.6 is 0 Å². The monoisotopic (exact) mass is 325 g/mol. The summed E-state index contributed by atoms with van der Waals surface area (Å²) < 4.78 is 64.3. The number of carboxylic acid groups (broad SMARTS) is 1. The average Bonchev–Trinajstić information content (AvgIpc) is 2.79. The number of sulfonamides is 1. The number of aliphatic carboxylic acids is 1. The summed E-state index contributed by atoms with van der Waals surface area (Å²) in [5, 5.41) is 18.3. The third kappa shape index (κ3) is 2.61. The van der Waals surface area contributed by atoms with Gasteiger partial charge >= 0.3 is 5.97 Å². The highest BCUT2D eigenvalue weighted by molar-refractivity contribution is 7.89. The van der Waals surface area contributed by atoms with Crippen molar-refractivity contribution in [3.63, 3.8) is 0 Å². The van der Waals surface area contributed by atoms with Crippen LogP contribution in [0.2, 0.25) is 0 Å². The minimum absolute atomic E-state index is 0.357. The summed E-state index contributed by atoms with van der Waals surface area (Å²) in [5.41, 5.74) is 0. The minimum atomic E-state index is -4.72. The molecule has 21 heavy (non-hydrogen) atoms. The van der Waals surface area contributed by atoms with E-state index >= 15 is 0 Å². The fourth-order valence-electron chi connectivity index (χ4n) is 2.11. The van der Waals surface area contributed by atoms with E-state index < -0.39 is 57.0 Å². The van der Waals surface area contributed by atoms with Gasteiger partial charge in [-0.05, 0) is 12.1 Å². The largest absolute Gasteiger partial charge is 0.480 e. The van der Waals surface area contributed by atoms with Gasteiger partial charge in [0.1, 0.15) is 10.9 Å². The Labute approximate surface area is 117 Å². The molecule has 2 rings (SSSR count). The van der Waals surface area contributed by atoms with Crippen LogP contribution in [-0.4, -0.2) is 47.6 Å². The van der Waals surface area contributed by atoms with Gasteiger partial charge in [0.2, 0.25) is 10.0 Å². The van der Waals surface area contributed by atoms with Crippen molar-refractivity contribution >= 4 is 16.0 Å². The van der Waals surface area contributed by atoms with Crippen molar-refractivity contribution in [2.45, 2.75) is 23.5 Å². The summed E-state index contributed by atoms with van der Waals surface area (Å²) >= 11 is 0. The van der Waals surface area contributed by atoms with Crippen LogP contribution in [0.3, 0.4) is 0 Å². The highest BCUT2D eigenvalue weighted by Gasteiger charge is 2.44. The highest BCUT2D eigenvalue weighted by Crippen LogP contribution is 2.29. The molecule has 116 valence electrons. The molecule has 2 N–H and O–H groups in total. The Bertz CT molecular complexity index is 693. The first-order valence-corrected chi connectivity index (χ1v) is 7.16. The smallest absolute Gasteiger partial charge is 0.322 e. The molecule has 1 aromatic carbocycles. The normalized spacial score (nSPS) is 23.4. The number of rotatable bonds is 3. The number of carbonyl (C=O) groups is 1. The molecule has 6 nitrogen and oxygen atoms in total. The van der Waals surface area contributed by atoms with E-state index in [1.54, 1.807) is 0 Å². The number of β-amino-alcohol motifs (C(OH)–C–C–N with tert-alkyl or cyclic N) is 1. The zero-order chi connectivity index (χ0) is 15.9. The Morgan fingerprint density at radius 3 is 2.43 bits per heavy atom. The first kappa shape index (κ1) is 15.7. The van der Waals surface area contributed by atoms with Crippen molar-refractivity contribution in [1.29, 1.82) is 0 Å². The van der Waals surface area contributed by atoms with Gasteiger partial charge in [0.05, 0.1) is 6.10 Å². The van der Waals surface area contributed by atoms with Crippen LogP contribution in [0.1, 0.15) is 6.42 Å². The Morgan fingerprint density at radius 1 is 1.24 bits per heavy atom. The second kappa shape index (κ2) is 5.28. The zero-order valence-corrected chi connectivity index (χ0v) is 11.1. The van der Waals surface area contributed by atoms with Gasteiger partial charge in [0.15, 0.2) is 17.5 Å². The Hall–Kier alpha value is -1.65. The van der Waals surface area contributed by atoms with Crippen molar-refractivity contribution < 1.29 is 36.6 Å². The van der Waals surface area contributed by atoms with Crippen LogP contribution in [0.4, 0.5) is 13.2 Å². The van der Waals surface area contributed by atoms with Gasteiger partial charge in [-0.15, -0.1) is 0 Å². The molecule has 0 bridgehead atoms. The van der Waals surface area contributed by atoms with E-state index in [0.717, 1.165) is 0 Å². The number of aliphatic hydroxyl groups is 1. The van der Waals surface area contributed by atoms with E-state index in [4.69, 9.17) is 5.11 Å². The van der Waals surface area contributed by atoms with Crippen LogP contribution in [0.5, 0.6) is 0 Å².